The van der Waals surface area contributed by atoms with Crippen molar-refractivity contribution in [2.45, 2.75) is 33.1 Å². The van der Waals surface area contributed by atoms with Gasteiger partial charge in [-0.1, -0.05) is 13.8 Å². The molecule has 0 amide bonds. The second kappa shape index (κ2) is 3.55. The molecule has 0 aromatic carbocycles. The average molecular weight is 255 g/mol. The number of hydrogen-bond donors (Lipinski definition) is 0. The fraction of sp³-hybridized carbons (Fsp3) is 0.833. The molecular weight excluding hydrogens is 238 g/mol. The fourth-order valence-corrected chi connectivity index (χ4v) is 4.99. The Morgan fingerprint density at radius 3 is 2.35 bits per heavy atom. The number of sulfone groups is 1. The Morgan fingerprint density at radius 1 is 1.35 bits per heavy atom. The molecule has 2 atom stereocenters. The molecule has 0 spiro atoms. The zero-order valence-corrected chi connectivity index (χ0v) is 11.0. The number of rotatable bonds is 1. The van der Waals surface area contributed by atoms with Crippen molar-refractivity contribution in [1.29, 1.82) is 5.26 Å². The first-order valence-corrected chi connectivity index (χ1v) is 7.72. The number of carbonyl (C=O) groups excluding carboxylic acids is 1. The first-order chi connectivity index (χ1) is 7.73. The minimum Gasteiger partial charge on any atom is -0.297 e. The number of nitrogens with zero attached hydrogens (tertiary/aromatic N) is 1. The second-order valence-corrected chi connectivity index (χ2v) is 8.12. The van der Waals surface area contributed by atoms with Crippen LogP contribution in [-0.4, -0.2) is 25.7 Å². The summed E-state index contributed by atoms with van der Waals surface area (Å²) in [6.07, 6.45) is 1.64. The normalized spacial score (nSPS) is 39.1. The van der Waals surface area contributed by atoms with Gasteiger partial charge in [0.25, 0.3) is 0 Å². The van der Waals surface area contributed by atoms with Crippen molar-refractivity contribution in [3.05, 3.63) is 0 Å². The Hall–Kier alpha value is -0.890. The van der Waals surface area contributed by atoms with Gasteiger partial charge in [0.2, 0.25) is 0 Å². The highest BCUT2D eigenvalue weighted by molar-refractivity contribution is 7.91. The second-order valence-electron chi connectivity index (χ2n) is 5.90. The lowest BCUT2D eigenvalue weighted by Gasteiger charge is -2.27. The van der Waals surface area contributed by atoms with Gasteiger partial charge >= 0.3 is 0 Å². The van der Waals surface area contributed by atoms with Gasteiger partial charge in [-0.25, -0.2) is 8.42 Å². The molecule has 1 saturated carbocycles. The summed E-state index contributed by atoms with van der Waals surface area (Å²) in [5.41, 5.74) is -1.53. The number of carbonyl (C=O) groups is 1. The van der Waals surface area contributed by atoms with E-state index in [1.165, 1.54) is 0 Å². The maximum atomic E-state index is 12.4. The molecule has 1 aliphatic carbocycles. The van der Waals surface area contributed by atoms with E-state index in [-0.39, 0.29) is 23.2 Å². The van der Waals surface area contributed by atoms with Crippen LogP contribution in [0.2, 0.25) is 0 Å². The van der Waals surface area contributed by atoms with Crippen LogP contribution in [0.5, 0.6) is 0 Å². The third-order valence-electron chi connectivity index (χ3n) is 4.29. The third kappa shape index (κ3) is 1.79. The molecule has 0 radical (unpaired) electrons. The van der Waals surface area contributed by atoms with Gasteiger partial charge in [0.15, 0.2) is 15.6 Å². The Bertz CT molecular complexity index is 500. The van der Waals surface area contributed by atoms with E-state index in [0.29, 0.717) is 19.3 Å². The van der Waals surface area contributed by atoms with Gasteiger partial charge in [-0.3, -0.25) is 4.79 Å². The molecule has 5 heteroatoms. The molecule has 0 N–H and O–H groups in total. The van der Waals surface area contributed by atoms with Crippen molar-refractivity contribution in [2.24, 2.45) is 16.7 Å². The smallest absolute Gasteiger partial charge is 0.158 e. The van der Waals surface area contributed by atoms with Crippen LogP contribution in [-0.2, 0) is 14.6 Å². The summed E-state index contributed by atoms with van der Waals surface area (Å²) >= 11 is 0. The van der Waals surface area contributed by atoms with E-state index >= 15 is 0 Å². The van der Waals surface area contributed by atoms with Crippen molar-refractivity contribution in [3.63, 3.8) is 0 Å². The molecule has 4 nitrogen and oxygen atoms in total. The van der Waals surface area contributed by atoms with Crippen LogP contribution in [0.1, 0.15) is 33.1 Å². The van der Waals surface area contributed by atoms with Gasteiger partial charge in [-0.05, 0) is 25.2 Å². The number of hydrogen-bond acceptors (Lipinski definition) is 4. The molecule has 1 saturated heterocycles. The molecule has 2 fully saturated rings. The molecule has 1 aliphatic heterocycles. The predicted molar refractivity (Wildman–Crippen MR) is 62.8 cm³/mol. The van der Waals surface area contributed by atoms with Crippen LogP contribution in [0.25, 0.3) is 0 Å². The standard InChI is InChI=1S/C12H17NO3S/c1-11(2)4-5-12(8-13,10(11)14)9-3-6-17(15,16)7-9/h9H,3-7H2,1-2H3. The zero-order chi connectivity index (χ0) is 12.9. The largest absolute Gasteiger partial charge is 0.297 e. The predicted octanol–water partition coefficient (Wildman–Crippen LogP) is 1.32. The summed E-state index contributed by atoms with van der Waals surface area (Å²) in [7, 11) is -3.05. The molecule has 0 bridgehead atoms. The summed E-state index contributed by atoms with van der Waals surface area (Å²) in [5, 5.41) is 9.38. The van der Waals surface area contributed by atoms with Crippen LogP contribution in [0.3, 0.4) is 0 Å². The van der Waals surface area contributed by atoms with Crippen LogP contribution in [0, 0.1) is 28.1 Å². The lowest BCUT2D eigenvalue weighted by atomic mass is 9.71. The maximum Gasteiger partial charge on any atom is 0.158 e. The van der Waals surface area contributed by atoms with E-state index in [1.807, 2.05) is 13.8 Å². The lowest BCUT2D eigenvalue weighted by Crippen LogP contribution is -2.38. The Labute approximate surface area is 102 Å². The fourth-order valence-electron chi connectivity index (χ4n) is 3.11. The number of nitriles is 1. The van der Waals surface area contributed by atoms with Gasteiger partial charge in [0.05, 0.1) is 17.6 Å². The highest BCUT2D eigenvalue weighted by atomic mass is 32.2. The average Bonchev–Trinajstić information content (AvgIpc) is 2.70. The van der Waals surface area contributed by atoms with E-state index in [0.717, 1.165) is 0 Å². The summed E-state index contributed by atoms with van der Waals surface area (Å²) in [5.74, 6) is -0.238. The molecule has 0 aromatic rings. The number of Topliss-reactive ketones (excluding diaryl/α,β-unsaturated/α-hetero) is 1. The summed E-state index contributed by atoms with van der Waals surface area (Å²) in [6, 6.07) is 2.15. The molecule has 1 heterocycles. The first kappa shape index (κ1) is 12.6. The third-order valence-corrected chi connectivity index (χ3v) is 6.06. The van der Waals surface area contributed by atoms with E-state index in [4.69, 9.17) is 0 Å². The summed E-state index contributed by atoms with van der Waals surface area (Å²) in [6.45, 7) is 3.69. The molecular formula is C12H17NO3S. The van der Waals surface area contributed by atoms with Gasteiger partial charge < -0.3 is 0 Å². The molecule has 2 aliphatic rings. The Morgan fingerprint density at radius 2 is 2.00 bits per heavy atom. The summed E-state index contributed by atoms with van der Waals surface area (Å²) in [4.78, 5) is 12.4. The van der Waals surface area contributed by atoms with Crippen molar-refractivity contribution in [3.8, 4) is 6.07 Å². The highest BCUT2D eigenvalue weighted by Gasteiger charge is 2.58. The molecule has 2 unspecified atom stereocenters. The van der Waals surface area contributed by atoms with Crippen molar-refractivity contribution < 1.29 is 13.2 Å². The zero-order valence-electron chi connectivity index (χ0n) is 10.2. The minimum absolute atomic E-state index is 0.00236. The van der Waals surface area contributed by atoms with Crippen molar-refractivity contribution in [2.75, 3.05) is 11.5 Å². The van der Waals surface area contributed by atoms with Gasteiger partial charge in [-0.15, -0.1) is 0 Å². The van der Waals surface area contributed by atoms with E-state index in [2.05, 4.69) is 6.07 Å². The molecule has 17 heavy (non-hydrogen) atoms. The van der Waals surface area contributed by atoms with Crippen LogP contribution < -0.4 is 0 Å². The first-order valence-electron chi connectivity index (χ1n) is 5.90. The minimum atomic E-state index is -3.05. The molecule has 0 aromatic heterocycles. The van der Waals surface area contributed by atoms with E-state index in [9.17, 15) is 18.5 Å². The topological polar surface area (TPSA) is 75.0 Å². The Kier molecular flexibility index (Phi) is 2.62. The van der Waals surface area contributed by atoms with Crippen LogP contribution >= 0.6 is 0 Å². The lowest BCUT2D eigenvalue weighted by molar-refractivity contribution is -0.131. The summed E-state index contributed by atoms with van der Waals surface area (Å²) < 4.78 is 23.0. The Balaban J connectivity index is 2.36. The maximum absolute atomic E-state index is 12.4. The SMILES string of the molecule is CC1(C)CCC(C#N)(C2CCS(=O)(=O)C2)C1=O. The van der Waals surface area contributed by atoms with E-state index in [1.54, 1.807) is 0 Å². The molecule has 94 valence electrons. The highest BCUT2D eigenvalue weighted by Crippen LogP contribution is 2.52. The van der Waals surface area contributed by atoms with Crippen LogP contribution in [0.4, 0.5) is 0 Å². The monoisotopic (exact) mass is 255 g/mol. The van der Waals surface area contributed by atoms with E-state index < -0.39 is 20.7 Å². The van der Waals surface area contributed by atoms with Gasteiger partial charge in [0, 0.05) is 5.41 Å². The molecule has 2 rings (SSSR count). The van der Waals surface area contributed by atoms with Gasteiger partial charge in [-0.2, -0.15) is 5.26 Å². The van der Waals surface area contributed by atoms with Crippen molar-refractivity contribution in [1.82, 2.24) is 0 Å². The van der Waals surface area contributed by atoms with Gasteiger partial charge in [0.1, 0.15) is 5.41 Å². The van der Waals surface area contributed by atoms with Crippen LogP contribution in [0.15, 0.2) is 0 Å². The number of ketones is 1. The quantitative estimate of drug-likeness (QED) is 0.708. The van der Waals surface area contributed by atoms with Crippen molar-refractivity contribution >= 4 is 15.6 Å².